The van der Waals surface area contributed by atoms with Crippen LogP contribution in [0.3, 0.4) is 0 Å². The third kappa shape index (κ3) is 4.20. The number of nitrogens with one attached hydrogen (secondary N) is 2. The van der Waals surface area contributed by atoms with Gasteiger partial charge in [-0.05, 0) is 43.5 Å². The van der Waals surface area contributed by atoms with E-state index in [-0.39, 0.29) is 35.3 Å². The summed E-state index contributed by atoms with van der Waals surface area (Å²) < 4.78 is 33.4. The van der Waals surface area contributed by atoms with Crippen molar-refractivity contribution < 1.29 is 17.9 Å². The van der Waals surface area contributed by atoms with Crippen LogP contribution < -0.4 is 14.9 Å². The first kappa shape index (κ1) is 21.1. The number of methoxy groups -OCH3 is 1. The second-order valence-electron chi connectivity index (χ2n) is 6.78. The summed E-state index contributed by atoms with van der Waals surface area (Å²) in [6.45, 7) is 3.68. The number of rotatable bonds is 6. The Bertz CT molecular complexity index is 763. The van der Waals surface area contributed by atoms with Gasteiger partial charge in [0.15, 0.2) is 0 Å². The minimum Gasteiger partial charge on any atom is -0.383 e. The van der Waals surface area contributed by atoms with Gasteiger partial charge in [-0.3, -0.25) is 4.79 Å². The smallest absolute Gasteiger partial charge is 0.240 e. The minimum atomic E-state index is -3.66. The molecule has 0 aromatic heterocycles. The lowest BCUT2D eigenvalue weighted by Gasteiger charge is -2.29. The van der Waals surface area contributed by atoms with Crippen LogP contribution >= 0.6 is 12.4 Å². The zero-order valence-corrected chi connectivity index (χ0v) is 16.7. The van der Waals surface area contributed by atoms with Crippen LogP contribution in [0.15, 0.2) is 23.1 Å². The molecule has 1 amide bonds. The number of sulfonamides is 1. The Morgan fingerprint density at radius 1 is 1.42 bits per heavy atom. The molecule has 0 radical (unpaired) electrons. The molecule has 3 rings (SSSR count). The number of ether oxygens (including phenoxy) is 1. The van der Waals surface area contributed by atoms with E-state index in [0.717, 1.165) is 31.4 Å². The molecule has 2 aliphatic rings. The van der Waals surface area contributed by atoms with Gasteiger partial charge in [0.25, 0.3) is 0 Å². The van der Waals surface area contributed by atoms with Gasteiger partial charge in [-0.25, -0.2) is 13.1 Å². The molecule has 26 heavy (non-hydrogen) atoms. The normalized spacial score (nSPS) is 22.2. The number of anilines is 1. The van der Waals surface area contributed by atoms with Crippen LogP contribution in [-0.4, -0.2) is 53.2 Å². The van der Waals surface area contributed by atoms with E-state index in [1.807, 2.05) is 0 Å². The van der Waals surface area contributed by atoms with E-state index in [0.29, 0.717) is 18.8 Å². The van der Waals surface area contributed by atoms with Gasteiger partial charge in [0.1, 0.15) is 0 Å². The van der Waals surface area contributed by atoms with Crippen LogP contribution in [0.5, 0.6) is 0 Å². The Kier molecular flexibility index (Phi) is 6.68. The fraction of sp³-hybridized carbons (Fsp3) is 0.588. The molecule has 7 nitrogen and oxygen atoms in total. The number of benzene rings is 1. The number of halogens is 1. The third-order valence-corrected chi connectivity index (χ3v) is 6.39. The van der Waals surface area contributed by atoms with Crippen molar-refractivity contribution in [2.24, 2.45) is 0 Å². The second-order valence-corrected chi connectivity index (χ2v) is 8.55. The molecule has 2 heterocycles. The molecule has 1 aromatic carbocycles. The number of fused-ring (bicyclic) bond motifs is 1. The van der Waals surface area contributed by atoms with E-state index in [4.69, 9.17) is 4.74 Å². The highest BCUT2D eigenvalue weighted by atomic mass is 35.5. The first-order chi connectivity index (χ1) is 11.9. The lowest BCUT2D eigenvalue weighted by Crippen LogP contribution is -2.52. The lowest BCUT2D eigenvalue weighted by molar-refractivity contribution is -0.116. The van der Waals surface area contributed by atoms with E-state index >= 15 is 0 Å². The Labute approximate surface area is 160 Å². The summed E-state index contributed by atoms with van der Waals surface area (Å²) in [4.78, 5) is 13.5. The van der Waals surface area contributed by atoms with E-state index in [9.17, 15) is 13.2 Å². The van der Waals surface area contributed by atoms with E-state index in [1.54, 1.807) is 30.2 Å². The lowest BCUT2D eigenvalue weighted by atomic mass is 9.99. The van der Waals surface area contributed by atoms with Gasteiger partial charge < -0.3 is 15.0 Å². The van der Waals surface area contributed by atoms with Crippen molar-refractivity contribution in [2.45, 2.75) is 36.6 Å². The Morgan fingerprint density at radius 3 is 2.81 bits per heavy atom. The standard InChI is InChI=1S/C17H25N3O4S.ClH/c1-13(21)20-9-6-14-4-5-15(10-16(14)20)25(22,23)19-11-17(12-24-2)7-3-8-18-17;/h4-5,10,18-19H,3,6-9,11-12H2,1-2H3;1H. The summed E-state index contributed by atoms with van der Waals surface area (Å²) in [6.07, 6.45) is 2.62. The van der Waals surface area contributed by atoms with Crippen molar-refractivity contribution in [3.05, 3.63) is 23.8 Å². The molecule has 2 N–H and O–H groups in total. The van der Waals surface area contributed by atoms with Crippen molar-refractivity contribution >= 4 is 34.0 Å². The van der Waals surface area contributed by atoms with Crippen LogP contribution in [0.1, 0.15) is 25.3 Å². The molecule has 1 saturated heterocycles. The third-order valence-electron chi connectivity index (χ3n) is 5.00. The fourth-order valence-electron chi connectivity index (χ4n) is 3.64. The first-order valence-corrected chi connectivity index (χ1v) is 10.00. The van der Waals surface area contributed by atoms with Crippen LogP contribution in [0.4, 0.5) is 5.69 Å². The van der Waals surface area contributed by atoms with Crippen molar-refractivity contribution in [1.82, 2.24) is 10.0 Å². The molecule has 0 bridgehead atoms. The van der Waals surface area contributed by atoms with Crippen LogP contribution in [-0.2, 0) is 26.0 Å². The maximum Gasteiger partial charge on any atom is 0.240 e. The largest absolute Gasteiger partial charge is 0.383 e. The summed E-state index contributed by atoms with van der Waals surface area (Å²) in [6, 6.07) is 5.00. The average molecular weight is 404 g/mol. The van der Waals surface area contributed by atoms with Crippen LogP contribution in [0, 0.1) is 0 Å². The van der Waals surface area contributed by atoms with Crippen molar-refractivity contribution in [2.75, 3.05) is 38.3 Å². The molecule has 1 fully saturated rings. The van der Waals surface area contributed by atoms with Crippen molar-refractivity contribution in [3.8, 4) is 0 Å². The predicted octanol–water partition coefficient (Wildman–Crippen LogP) is 1.06. The van der Waals surface area contributed by atoms with E-state index in [2.05, 4.69) is 10.0 Å². The monoisotopic (exact) mass is 403 g/mol. The van der Waals surface area contributed by atoms with E-state index in [1.165, 1.54) is 6.92 Å². The van der Waals surface area contributed by atoms with Gasteiger partial charge in [0, 0.05) is 32.8 Å². The summed E-state index contributed by atoms with van der Waals surface area (Å²) in [5.41, 5.74) is 1.34. The molecular formula is C17H26ClN3O4S. The maximum absolute atomic E-state index is 12.7. The van der Waals surface area contributed by atoms with Gasteiger partial charge >= 0.3 is 0 Å². The molecule has 0 aliphatic carbocycles. The minimum absolute atomic E-state index is 0. The van der Waals surface area contributed by atoms with Gasteiger partial charge in [-0.15, -0.1) is 12.4 Å². The number of amides is 1. The Morgan fingerprint density at radius 2 is 2.19 bits per heavy atom. The highest BCUT2D eigenvalue weighted by Gasteiger charge is 2.35. The predicted molar refractivity (Wildman–Crippen MR) is 102 cm³/mol. The molecule has 9 heteroatoms. The summed E-state index contributed by atoms with van der Waals surface area (Å²) in [5.74, 6) is -0.0736. The van der Waals surface area contributed by atoms with Crippen molar-refractivity contribution in [1.29, 1.82) is 0 Å². The zero-order valence-electron chi connectivity index (χ0n) is 15.1. The molecule has 0 saturated carbocycles. The van der Waals surface area contributed by atoms with Gasteiger partial charge in [-0.1, -0.05) is 6.07 Å². The highest BCUT2D eigenvalue weighted by Crippen LogP contribution is 2.30. The van der Waals surface area contributed by atoms with Crippen molar-refractivity contribution in [3.63, 3.8) is 0 Å². The zero-order chi connectivity index (χ0) is 18.1. The Balaban J connectivity index is 0.00000243. The summed E-state index contributed by atoms with van der Waals surface area (Å²) in [5, 5.41) is 3.35. The molecular weight excluding hydrogens is 378 g/mol. The fourth-order valence-corrected chi connectivity index (χ4v) is 4.79. The highest BCUT2D eigenvalue weighted by molar-refractivity contribution is 7.89. The average Bonchev–Trinajstić information content (AvgIpc) is 3.20. The topological polar surface area (TPSA) is 87.7 Å². The van der Waals surface area contributed by atoms with Crippen LogP contribution in [0.25, 0.3) is 0 Å². The molecule has 2 aliphatic heterocycles. The second kappa shape index (κ2) is 8.22. The number of carbonyl (C=O) groups is 1. The first-order valence-electron chi connectivity index (χ1n) is 8.52. The maximum atomic E-state index is 12.7. The number of hydrogen-bond acceptors (Lipinski definition) is 5. The SMILES string of the molecule is COCC1(CNS(=O)(=O)c2ccc3c(c2)N(C(C)=O)CC3)CCCN1.Cl. The summed E-state index contributed by atoms with van der Waals surface area (Å²) >= 11 is 0. The summed E-state index contributed by atoms with van der Waals surface area (Å²) in [7, 11) is -2.04. The Hall–Kier alpha value is -1.19. The van der Waals surface area contributed by atoms with Gasteiger partial charge in [0.05, 0.1) is 17.0 Å². The van der Waals surface area contributed by atoms with Gasteiger partial charge in [-0.2, -0.15) is 0 Å². The molecule has 1 aromatic rings. The van der Waals surface area contributed by atoms with Crippen LogP contribution in [0.2, 0.25) is 0 Å². The number of hydrogen-bond donors (Lipinski definition) is 2. The molecule has 146 valence electrons. The molecule has 0 spiro atoms. The molecule has 1 atom stereocenters. The van der Waals surface area contributed by atoms with E-state index < -0.39 is 10.0 Å². The molecule has 1 unspecified atom stereocenters. The quantitative estimate of drug-likeness (QED) is 0.741. The number of nitrogens with zero attached hydrogens (tertiary/aromatic N) is 1. The number of carbonyl (C=O) groups excluding carboxylic acids is 1. The van der Waals surface area contributed by atoms with Gasteiger partial charge in [0.2, 0.25) is 15.9 Å².